The van der Waals surface area contributed by atoms with E-state index >= 15 is 0 Å². The van der Waals surface area contributed by atoms with E-state index in [2.05, 4.69) is 6.92 Å². The van der Waals surface area contributed by atoms with Crippen molar-refractivity contribution < 1.29 is 4.39 Å². The average molecular weight is 147 g/mol. The Balaban J connectivity index is 3.27. The van der Waals surface area contributed by atoms with Crippen LogP contribution in [0.1, 0.15) is 26.7 Å². The van der Waals surface area contributed by atoms with Crippen molar-refractivity contribution in [2.24, 2.45) is 0 Å². The molecule has 0 heterocycles. The molecule has 10 heavy (non-hydrogen) atoms. The second kappa shape index (κ2) is 5.66. The number of halogens is 1. The predicted octanol–water partition coefficient (Wildman–Crippen LogP) is 2.08. The van der Waals surface area contributed by atoms with Crippen LogP contribution in [0.3, 0.4) is 0 Å². The van der Waals surface area contributed by atoms with E-state index in [1.165, 1.54) is 0 Å². The molecule has 0 amide bonds. The van der Waals surface area contributed by atoms with Crippen LogP contribution in [0.15, 0.2) is 0 Å². The van der Waals surface area contributed by atoms with Gasteiger partial charge in [-0.3, -0.25) is 0 Å². The zero-order chi connectivity index (χ0) is 7.98. The van der Waals surface area contributed by atoms with Crippen molar-refractivity contribution in [1.29, 1.82) is 0 Å². The lowest BCUT2D eigenvalue weighted by Crippen LogP contribution is -2.26. The van der Waals surface area contributed by atoms with Crippen LogP contribution in [0.5, 0.6) is 0 Å². The highest BCUT2D eigenvalue weighted by atomic mass is 19.1. The van der Waals surface area contributed by atoms with Gasteiger partial charge < -0.3 is 4.90 Å². The lowest BCUT2D eigenvalue weighted by Gasteiger charge is -2.16. The molecule has 0 bridgehead atoms. The normalized spacial score (nSPS) is 14.1. The van der Waals surface area contributed by atoms with Gasteiger partial charge in [-0.1, -0.05) is 13.8 Å². The maximum absolute atomic E-state index is 12.7. The Morgan fingerprint density at radius 3 is 2.40 bits per heavy atom. The van der Waals surface area contributed by atoms with Crippen molar-refractivity contribution in [3.63, 3.8) is 0 Å². The lowest BCUT2D eigenvalue weighted by molar-refractivity contribution is 0.216. The van der Waals surface area contributed by atoms with Crippen molar-refractivity contribution >= 4 is 0 Å². The summed E-state index contributed by atoms with van der Waals surface area (Å²) in [4.78, 5) is 2.04. The Morgan fingerprint density at radius 1 is 1.40 bits per heavy atom. The minimum absolute atomic E-state index is 0.588. The van der Waals surface area contributed by atoms with E-state index in [4.69, 9.17) is 0 Å². The minimum Gasteiger partial charge on any atom is -0.303 e. The van der Waals surface area contributed by atoms with Gasteiger partial charge in [-0.15, -0.1) is 0 Å². The first kappa shape index (κ1) is 9.89. The molecule has 1 nitrogen and oxygen atoms in total. The average Bonchev–Trinajstić information content (AvgIpc) is 1.88. The monoisotopic (exact) mass is 147 g/mol. The van der Waals surface area contributed by atoms with Crippen molar-refractivity contribution in [2.45, 2.75) is 32.9 Å². The summed E-state index contributed by atoms with van der Waals surface area (Å²) in [5, 5.41) is 0. The van der Waals surface area contributed by atoms with E-state index in [0.717, 1.165) is 13.0 Å². The Kier molecular flexibility index (Phi) is 5.60. The molecule has 0 aromatic rings. The third-order valence-electron chi connectivity index (χ3n) is 1.56. The van der Waals surface area contributed by atoms with Gasteiger partial charge in [0.1, 0.15) is 6.17 Å². The standard InChI is InChI=1S/C8H18FN/c1-4-6-10(3)7-8(9)5-2/h8H,4-7H2,1-3H3. The fraction of sp³-hybridized carbons (Fsp3) is 1.00. The SMILES string of the molecule is CCCN(C)CC(F)CC. The van der Waals surface area contributed by atoms with Gasteiger partial charge in [0, 0.05) is 6.54 Å². The summed E-state index contributed by atoms with van der Waals surface area (Å²) >= 11 is 0. The number of nitrogens with zero attached hydrogens (tertiary/aromatic N) is 1. The van der Waals surface area contributed by atoms with Gasteiger partial charge in [-0.05, 0) is 26.4 Å². The summed E-state index contributed by atoms with van der Waals surface area (Å²) in [6, 6.07) is 0. The first-order chi connectivity index (χ1) is 4.70. The highest BCUT2D eigenvalue weighted by molar-refractivity contribution is 4.58. The largest absolute Gasteiger partial charge is 0.303 e. The molecule has 0 aliphatic rings. The molecular weight excluding hydrogens is 129 g/mol. The first-order valence-electron chi connectivity index (χ1n) is 4.03. The molecule has 0 aromatic carbocycles. The molecule has 0 spiro atoms. The molecule has 0 radical (unpaired) electrons. The van der Waals surface area contributed by atoms with Crippen molar-refractivity contribution in [2.75, 3.05) is 20.1 Å². The molecule has 2 heteroatoms. The zero-order valence-electron chi connectivity index (χ0n) is 7.23. The van der Waals surface area contributed by atoms with Gasteiger partial charge in [0.15, 0.2) is 0 Å². The Bertz CT molecular complexity index is 75.7. The summed E-state index contributed by atoms with van der Waals surface area (Å²) < 4.78 is 12.7. The molecule has 1 atom stereocenters. The molecule has 0 rings (SSSR count). The van der Waals surface area contributed by atoms with E-state index in [0.29, 0.717) is 13.0 Å². The molecule has 0 N–H and O–H groups in total. The van der Waals surface area contributed by atoms with E-state index in [1.54, 1.807) is 0 Å². The quantitative estimate of drug-likeness (QED) is 0.575. The summed E-state index contributed by atoms with van der Waals surface area (Å²) in [5.74, 6) is 0. The van der Waals surface area contributed by atoms with E-state index in [-0.39, 0.29) is 0 Å². The van der Waals surface area contributed by atoms with Gasteiger partial charge in [0.05, 0.1) is 0 Å². The molecule has 0 saturated carbocycles. The fourth-order valence-electron chi connectivity index (χ4n) is 0.940. The van der Waals surface area contributed by atoms with Gasteiger partial charge >= 0.3 is 0 Å². The van der Waals surface area contributed by atoms with Crippen LogP contribution in [0.4, 0.5) is 4.39 Å². The van der Waals surface area contributed by atoms with Gasteiger partial charge in [-0.25, -0.2) is 4.39 Å². The van der Waals surface area contributed by atoms with Crippen LogP contribution < -0.4 is 0 Å². The van der Waals surface area contributed by atoms with Crippen LogP contribution in [0.2, 0.25) is 0 Å². The minimum atomic E-state index is -0.642. The highest BCUT2D eigenvalue weighted by Crippen LogP contribution is 1.99. The number of rotatable bonds is 5. The van der Waals surface area contributed by atoms with Crippen molar-refractivity contribution in [3.8, 4) is 0 Å². The maximum atomic E-state index is 12.7. The molecule has 0 aromatic heterocycles. The highest BCUT2D eigenvalue weighted by Gasteiger charge is 2.05. The molecule has 0 aliphatic heterocycles. The smallest absolute Gasteiger partial charge is 0.112 e. The maximum Gasteiger partial charge on any atom is 0.112 e. The van der Waals surface area contributed by atoms with Gasteiger partial charge in [-0.2, -0.15) is 0 Å². The first-order valence-corrected chi connectivity index (χ1v) is 4.03. The van der Waals surface area contributed by atoms with E-state index in [9.17, 15) is 4.39 Å². The second-order valence-electron chi connectivity index (χ2n) is 2.77. The predicted molar refractivity (Wildman–Crippen MR) is 43.0 cm³/mol. The topological polar surface area (TPSA) is 3.24 Å². The van der Waals surface area contributed by atoms with Crippen molar-refractivity contribution in [3.05, 3.63) is 0 Å². The van der Waals surface area contributed by atoms with Crippen LogP contribution in [0, 0.1) is 0 Å². The Morgan fingerprint density at radius 2 is 2.00 bits per heavy atom. The van der Waals surface area contributed by atoms with Gasteiger partial charge in [0.25, 0.3) is 0 Å². The molecule has 0 fully saturated rings. The fourth-order valence-corrected chi connectivity index (χ4v) is 0.940. The summed E-state index contributed by atoms with van der Waals surface area (Å²) in [6.07, 6.45) is 1.10. The molecule has 1 unspecified atom stereocenters. The van der Waals surface area contributed by atoms with Crippen LogP contribution in [-0.2, 0) is 0 Å². The summed E-state index contributed by atoms with van der Waals surface area (Å²) in [7, 11) is 1.96. The molecule has 0 saturated heterocycles. The molecule has 0 aliphatic carbocycles. The van der Waals surface area contributed by atoms with Crippen LogP contribution in [0.25, 0.3) is 0 Å². The summed E-state index contributed by atoms with van der Waals surface area (Å²) in [6.45, 7) is 5.57. The van der Waals surface area contributed by atoms with Gasteiger partial charge in [0.2, 0.25) is 0 Å². The van der Waals surface area contributed by atoms with E-state index in [1.807, 2.05) is 18.9 Å². The number of alkyl halides is 1. The lowest BCUT2D eigenvalue weighted by atomic mass is 10.3. The molecular formula is C8H18FN. The Labute approximate surface area is 63.2 Å². The number of hydrogen-bond acceptors (Lipinski definition) is 1. The number of hydrogen-bond donors (Lipinski definition) is 0. The van der Waals surface area contributed by atoms with Crippen LogP contribution >= 0.6 is 0 Å². The Hall–Kier alpha value is -0.110. The zero-order valence-corrected chi connectivity index (χ0v) is 7.23. The summed E-state index contributed by atoms with van der Waals surface area (Å²) in [5.41, 5.74) is 0. The second-order valence-corrected chi connectivity index (χ2v) is 2.77. The van der Waals surface area contributed by atoms with E-state index < -0.39 is 6.17 Å². The molecule has 62 valence electrons. The third kappa shape index (κ3) is 4.74. The third-order valence-corrected chi connectivity index (χ3v) is 1.56. The van der Waals surface area contributed by atoms with Crippen LogP contribution in [-0.4, -0.2) is 31.2 Å². The van der Waals surface area contributed by atoms with Crippen molar-refractivity contribution in [1.82, 2.24) is 4.90 Å².